The maximum atomic E-state index is 12.7. The van der Waals surface area contributed by atoms with Gasteiger partial charge in [-0.1, -0.05) is 6.07 Å². The van der Waals surface area contributed by atoms with Crippen molar-refractivity contribution in [1.82, 2.24) is 24.6 Å². The minimum Gasteiger partial charge on any atom is -0.353 e. The van der Waals surface area contributed by atoms with Crippen molar-refractivity contribution < 1.29 is 4.79 Å². The van der Waals surface area contributed by atoms with Gasteiger partial charge in [-0.05, 0) is 63.9 Å². The SMILES string of the molecule is Cc1cc(C)n(-c2cc(N3CCN(C(=O)Nc4ccc(C)c(C)c4)CC3)nc(C)n2)n1. The molecule has 0 bridgehead atoms. The van der Waals surface area contributed by atoms with Crippen LogP contribution in [0.2, 0.25) is 0 Å². The molecular weight excluding hydrogens is 390 g/mol. The predicted molar refractivity (Wildman–Crippen MR) is 122 cm³/mol. The van der Waals surface area contributed by atoms with Crippen molar-refractivity contribution in [2.45, 2.75) is 34.6 Å². The van der Waals surface area contributed by atoms with E-state index in [1.54, 1.807) is 0 Å². The second-order valence-corrected chi connectivity index (χ2v) is 8.17. The molecule has 0 spiro atoms. The Morgan fingerprint density at radius 3 is 2.23 bits per heavy atom. The van der Waals surface area contributed by atoms with Crippen LogP contribution in [0.25, 0.3) is 5.82 Å². The first-order chi connectivity index (χ1) is 14.8. The lowest BCUT2D eigenvalue weighted by Crippen LogP contribution is -2.50. The second-order valence-electron chi connectivity index (χ2n) is 8.17. The van der Waals surface area contributed by atoms with Crippen LogP contribution >= 0.6 is 0 Å². The molecule has 1 saturated heterocycles. The lowest BCUT2D eigenvalue weighted by Gasteiger charge is -2.35. The molecule has 0 radical (unpaired) electrons. The summed E-state index contributed by atoms with van der Waals surface area (Å²) in [6.07, 6.45) is 0. The Labute approximate surface area is 182 Å². The second kappa shape index (κ2) is 8.37. The molecule has 8 nitrogen and oxygen atoms in total. The molecule has 1 aliphatic rings. The quantitative estimate of drug-likeness (QED) is 0.702. The summed E-state index contributed by atoms with van der Waals surface area (Å²) in [5.41, 5.74) is 5.20. The van der Waals surface area contributed by atoms with Crippen molar-refractivity contribution in [3.05, 3.63) is 58.7 Å². The van der Waals surface area contributed by atoms with Crippen LogP contribution in [0.4, 0.5) is 16.3 Å². The Bertz CT molecular complexity index is 1110. The van der Waals surface area contributed by atoms with Gasteiger partial charge < -0.3 is 15.1 Å². The van der Waals surface area contributed by atoms with E-state index in [2.05, 4.69) is 32.2 Å². The summed E-state index contributed by atoms with van der Waals surface area (Å²) in [4.78, 5) is 25.9. The van der Waals surface area contributed by atoms with Gasteiger partial charge in [-0.15, -0.1) is 0 Å². The van der Waals surface area contributed by atoms with Crippen LogP contribution in [0.3, 0.4) is 0 Å². The maximum Gasteiger partial charge on any atom is 0.321 e. The van der Waals surface area contributed by atoms with E-state index in [1.165, 1.54) is 11.1 Å². The van der Waals surface area contributed by atoms with Crippen molar-refractivity contribution in [2.75, 3.05) is 36.4 Å². The summed E-state index contributed by atoms with van der Waals surface area (Å²) in [5.74, 6) is 2.34. The average Bonchev–Trinajstić information content (AvgIpc) is 3.08. The van der Waals surface area contributed by atoms with E-state index in [1.807, 2.05) is 67.6 Å². The van der Waals surface area contributed by atoms with Crippen LogP contribution in [0.5, 0.6) is 0 Å². The third-order valence-corrected chi connectivity index (χ3v) is 5.69. The van der Waals surface area contributed by atoms with Gasteiger partial charge in [0, 0.05) is 43.6 Å². The number of hydrogen-bond donors (Lipinski definition) is 1. The number of amides is 2. The molecule has 0 atom stereocenters. The first-order valence-electron chi connectivity index (χ1n) is 10.6. The molecule has 3 heterocycles. The standard InChI is InChI=1S/C23H29N7O/c1-15-6-7-20(12-16(15)2)26-23(31)29-10-8-28(9-11-29)21-14-22(25-19(5)24-21)30-18(4)13-17(3)27-30/h6-7,12-14H,8-11H2,1-5H3,(H,26,31). The lowest BCUT2D eigenvalue weighted by atomic mass is 10.1. The molecule has 0 saturated carbocycles. The lowest BCUT2D eigenvalue weighted by molar-refractivity contribution is 0.208. The van der Waals surface area contributed by atoms with Gasteiger partial charge >= 0.3 is 6.03 Å². The summed E-state index contributed by atoms with van der Waals surface area (Å²) < 4.78 is 1.85. The van der Waals surface area contributed by atoms with E-state index in [0.29, 0.717) is 32.0 Å². The number of carbonyl (C=O) groups excluding carboxylic acids is 1. The fraction of sp³-hybridized carbons (Fsp3) is 0.391. The smallest absolute Gasteiger partial charge is 0.321 e. The molecule has 2 amide bonds. The molecule has 0 unspecified atom stereocenters. The summed E-state index contributed by atoms with van der Waals surface area (Å²) in [5, 5.41) is 7.56. The van der Waals surface area contributed by atoms with Crippen LogP contribution < -0.4 is 10.2 Å². The first-order valence-corrected chi connectivity index (χ1v) is 10.6. The van der Waals surface area contributed by atoms with Crippen molar-refractivity contribution in [1.29, 1.82) is 0 Å². The highest BCUT2D eigenvalue weighted by Crippen LogP contribution is 2.20. The van der Waals surface area contributed by atoms with Gasteiger partial charge in [0.25, 0.3) is 0 Å². The van der Waals surface area contributed by atoms with Crippen LogP contribution in [0.15, 0.2) is 30.3 Å². The van der Waals surface area contributed by atoms with E-state index in [4.69, 9.17) is 0 Å². The van der Waals surface area contributed by atoms with E-state index in [0.717, 1.165) is 28.7 Å². The summed E-state index contributed by atoms with van der Waals surface area (Å²) in [6.45, 7) is 12.7. The maximum absolute atomic E-state index is 12.7. The molecule has 4 rings (SSSR count). The zero-order valence-electron chi connectivity index (χ0n) is 18.8. The zero-order valence-corrected chi connectivity index (χ0v) is 18.8. The Hall–Kier alpha value is -3.42. The number of piperazine rings is 1. The van der Waals surface area contributed by atoms with Gasteiger partial charge in [-0.25, -0.2) is 19.4 Å². The number of nitrogens with zero attached hydrogens (tertiary/aromatic N) is 6. The van der Waals surface area contributed by atoms with E-state index in [9.17, 15) is 4.79 Å². The highest BCUT2D eigenvalue weighted by molar-refractivity contribution is 5.89. The van der Waals surface area contributed by atoms with Crippen LogP contribution in [-0.4, -0.2) is 56.9 Å². The molecule has 3 aromatic rings. The molecule has 2 aromatic heterocycles. The molecule has 31 heavy (non-hydrogen) atoms. The fourth-order valence-corrected chi connectivity index (χ4v) is 3.83. The number of anilines is 2. The average molecular weight is 420 g/mol. The number of aromatic nitrogens is 4. The summed E-state index contributed by atoms with van der Waals surface area (Å²) >= 11 is 0. The number of carbonyl (C=O) groups is 1. The number of urea groups is 1. The predicted octanol–water partition coefficient (Wildman–Crippen LogP) is 3.56. The zero-order chi connectivity index (χ0) is 22.1. The molecule has 162 valence electrons. The Kier molecular flexibility index (Phi) is 5.63. The topological polar surface area (TPSA) is 79.2 Å². The van der Waals surface area contributed by atoms with Crippen molar-refractivity contribution >= 4 is 17.5 Å². The Morgan fingerprint density at radius 2 is 1.58 bits per heavy atom. The van der Waals surface area contributed by atoms with Crippen molar-refractivity contribution in [3.8, 4) is 5.82 Å². The molecule has 1 fully saturated rings. The highest BCUT2D eigenvalue weighted by Gasteiger charge is 2.23. The molecule has 1 N–H and O–H groups in total. The number of rotatable bonds is 3. The third kappa shape index (κ3) is 4.52. The Balaban J connectivity index is 1.43. The molecule has 1 aromatic carbocycles. The fourth-order valence-electron chi connectivity index (χ4n) is 3.83. The van der Waals surface area contributed by atoms with E-state index >= 15 is 0 Å². The van der Waals surface area contributed by atoms with Gasteiger partial charge in [0.15, 0.2) is 5.82 Å². The number of nitrogens with one attached hydrogen (secondary N) is 1. The molecule has 0 aliphatic carbocycles. The largest absolute Gasteiger partial charge is 0.353 e. The minimum atomic E-state index is -0.0647. The monoisotopic (exact) mass is 419 g/mol. The van der Waals surface area contributed by atoms with Gasteiger partial charge in [-0.3, -0.25) is 0 Å². The van der Waals surface area contributed by atoms with Crippen molar-refractivity contribution in [3.63, 3.8) is 0 Å². The number of hydrogen-bond acceptors (Lipinski definition) is 5. The summed E-state index contributed by atoms with van der Waals surface area (Å²) in [6, 6.07) is 9.92. The van der Waals surface area contributed by atoms with Gasteiger partial charge in [0.2, 0.25) is 0 Å². The van der Waals surface area contributed by atoms with Crippen LogP contribution in [0, 0.1) is 34.6 Å². The van der Waals surface area contributed by atoms with Crippen LogP contribution in [-0.2, 0) is 0 Å². The minimum absolute atomic E-state index is 0.0647. The highest BCUT2D eigenvalue weighted by atomic mass is 16.2. The van der Waals surface area contributed by atoms with Gasteiger partial charge in [0.05, 0.1) is 5.69 Å². The van der Waals surface area contributed by atoms with Gasteiger partial charge in [-0.2, -0.15) is 5.10 Å². The number of benzene rings is 1. The Morgan fingerprint density at radius 1 is 0.871 bits per heavy atom. The molecule has 1 aliphatic heterocycles. The van der Waals surface area contributed by atoms with Crippen molar-refractivity contribution in [2.24, 2.45) is 0 Å². The van der Waals surface area contributed by atoms with E-state index in [-0.39, 0.29) is 6.03 Å². The van der Waals surface area contributed by atoms with Crippen LogP contribution in [0.1, 0.15) is 28.3 Å². The number of aryl methyl sites for hydroxylation is 5. The first kappa shape index (κ1) is 20.8. The normalized spacial score (nSPS) is 14.1. The third-order valence-electron chi connectivity index (χ3n) is 5.69. The molecule has 8 heteroatoms. The van der Waals surface area contributed by atoms with Gasteiger partial charge in [0.1, 0.15) is 11.6 Å². The molecular formula is C23H29N7O. The summed E-state index contributed by atoms with van der Waals surface area (Å²) in [7, 11) is 0. The van der Waals surface area contributed by atoms with E-state index < -0.39 is 0 Å².